The minimum Gasteiger partial charge on any atom is -0.480 e. The second-order valence-corrected chi connectivity index (χ2v) is 5.51. The van der Waals surface area contributed by atoms with Gasteiger partial charge in [-0.05, 0) is 31.2 Å². The number of carbonyl (C=O) groups is 1. The summed E-state index contributed by atoms with van der Waals surface area (Å²) in [5.74, 6) is -0.438. The van der Waals surface area contributed by atoms with Crippen molar-refractivity contribution in [1.82, 2.24) is 5.32 Å². The first-order valence-corrected chi connectivity index (χ1v) is 7.22. The summed E-state index contributed by atoms with van der Waals surface area (Å²) in [6.07, 6.45) is 5.64. The van der Waals surface area contributed by atoms with Gasteiger partial charge in [-0.25, -0.2) is 0 Å². The highest BCUT2D eigenvalue weighted by molar-refractivity contribution is 5.74. The van der Waals surface area contributed by atoms with Gasteiger partial charge < -0.3 is 5.11 Å². The minimum atomic E-state index is -0.713. The van der Waals surface area contributed by atoms with Crippen LogP contribution in [-0.2, 0) is 4.79 Å². The summed E-state index contributed by atoms with van der Waals surface area (Å²) in [5.41, 5.74) is 1.14. The molecule has 0 unspecified atom stereocenters. The molecule has 104 valence electrons. The normalized spacial score (nSPS) is 19.8. The maximum Gasteiger partial charge on any atom is 0.320 e. The van der Waals surface area contributed by atoms with Crippen LogP contribution >= 0.6 is 0 Å². The third kappa shape index (κ3) is 3.80. The molecule has 19 heavy (non-hydrogen) atoms. The summed E-state index contributed by atoms with van der Waals surface area (Å²) in [6.45, 7) is 2.04. The van der Waals surface area contributed by atoms with Crippen LogP contribution < -0.4 is 5.32 Å². The predicted molar refractivity (Wildman–Crippen MR) is 76.0 cm³/mol. The van der Waals surface area contributed by atoms with Gasteiger partial charge in [0.2, 0.25) is 0 Å². The maximum atomic E-state index is 11.5. The molecule has 2 atom stereocenters. The van der Waals surface area contributed by atoms with Gasteiger partial charge in [0.25, 0.3) is 0 Å². The standard InChI is InChI=1S/C16H23NO2/c1-12(13-8-4-2-5-9-13)17-15(16(18)19)14-10-6-3-7-11-14/h2,4-5,8-9,12,14-15,17H,3,6-7,10-11H2,1H3,(H,18,19)/t12-,15+/m0/s1. The first-order valence-electron chi connectivity index (χ1n) is 7.22. The summed E-state index contributed by atoms with van der Waals surface area (Å²) >= 11 is 0. The Kier molecular flexibility index (Phi) is 4.97. The van der Waals surface area contributed by atoms with Crippen molar-refractivity contribution in [2.24, 2.45) is 5.92 Å². The van der Waals surface area contributed by atoms with Crippen LogP contribution in [0, 0.1) is 5.92 Å². The lowest BCUT2D eigenvalue weighted by molar-refractivity contribution is -0.141. The van der Waals surface area contributed by atoms with E-state index in [0.29, 0.717) is 0 Å². The van der Waals surface area contributed by atoms with E-state index in [1.165, 1.54) is 6.42 Å². The highest BCUT2D eigenvalue weighted by Gasteiger charge is 2.30. The largest absolute Gasteiger partial charge is 0.480 e. The number of carboxylic acids is 1. The second-order valence-electron chi connectivity index (χ2n) is 5.51. The van der Waals surface area contributed by atoms with Crippen LogP contribution in [0.5, 0.6) is 0 Å². The Bertz CT molecular complexity index is 398. The lowest BCUT2D eigenvalue weighted by Crippen LogP contribution is -2.44. The fraction of sp³-hybridized carbons (Fsp3) is 0.562. The van der Waals surface area contributed by atoms with Crippen LogP contribution in [-0.4, -0.2) is 17.1 Å². The minimum absolute atomic E-state index is 0.0734. The van der Waals surface area contributed by atoms with Crippen LogP contribution in [0.3, 0.4) is 0 Å². The highest BCUT2D eigenvalue weighted by atomic mass is 16.4. The number of rotatable bonds is 5. The lowest BCUT2D eigenvalue weighted by Gasteiger charge is -2.30. The molecule has 1 aliphatic rings. The molecule has 0 heterocycles. The van der Waals surface area contributed by atoms with Crippen molar-refractivity contribution < 1.29 is 9.90 Å². The zero-order valence-corrected chi connectivity index (χ0v) is 11.5. The third-order valence-electron chi connectivity index (χ3n) is 4.12. The number of hydrogen-bond donors (Lipinski definition) is 2. The number of aliphatic carboxylic acids is 1. The maximum absolute atomic E-state index is 11.5. The molecule has 2 rings (SSSR count). The van der Waals surface area contributed by atoms with Gasteiger partial charge in [-0.2, -0.15) is 0 Å². The van der Waals surface area contributed by atoms with Crippen molar-refractivity contribution >= 4 is 5.97 Å². The van der Waals surface area contributed by atoms with Gasteiger partial charge >= 0.3 is 5.97 Å². The zero-order chi connectivity index (χ0) is 13.7. The van der Waals surface area contributed by atoms with Crippen molar-refractivity contribution in [2.45, 2.75) is 51.1 Å². The van der Waals surface area contributed by atoms with E-state index in [1.54, 1.807) is 0 Å². The molecule has 0 bridgehead atoms. The molecule has 2 N–H and O–H groups in total. The summed E-state index contributed by atoms with van der Waals surface area (Å²) in [6, 6.07) is 9.69. The van der Waals surface area contributed by atoms with Crippen LogP contribution in [0.25, 0.3) is 0 Å². The van der Waals surface area contributed by atoms with E-state index in [9.17, 15) is 9.90 Å². The fourth-order valence-electron chi connectivity index (χ4n) is 2.98. The number of carboxylic acid groups (broad SMARTS) is 1. The average molecular weight is 261 g/mol. The molecular weight excluding hydrogens is 238 g/mol. The first-order chi connectivity index (χ1) is 9.18. The zero-order valence-electron chi connectivity index (χ0n) is 11.5. The third-order valence-corrected chi connectivity index (χ3v) is 4.12. The molecule has 1 aromatic carbocycles. The Morgan fingerprint density at radius 3 is 2.42 bits per heavy atom. The monoisotopic (exact) mass is 261 g/mol. The topological polar surface area (TPSA) is 49.3 Å². The lowest BCUT2D eigenvalue weighted by atomic mass is 9.83. The van der Waals surface area contributed by atoms with Gasteiger partial charge in [0.15, 0.2) is 0 Å². The molecular formula is C16H23NO2. The molecule has 0 saturated heterocycles. The Hall–Kier alpha value is -1.35. The molecule has 0 aromatic heterocycles. The number of hydrogen-bond acceptors (Lipinski definition) is 2. The SMILES string of the molecule is C[C@H](N[C@@H](C(=O)O)C1CCCCC1)c1ccccc1. The van der Waals surface area contributed by atoms with Gasteiger partial charge in [0.1, 0.15) is 6.04 Å². The van der Waals surface area contributed by atoms with Crippen molar-refractivity contribution in [3.8, 4) is 0 Å². The molecule has 3 heteroatoms. The molecule has 0 amide bonds. The van der Waals surface area contributed by atoms with Crippen LogP contribution in [0.2, 0.25) is 0 Å². The van der Waals surface area contributed by atoms with Crippen molar-refractivity contribution in [2.75, 3.05) is 0 Å². The van der Waals surface area contributed by atoms with Gasteiger partial charge in [0, 0.05) is 6.04 Å². The highest BCUT2D eigenvalue weighted by Crippen LogP contribution is 2.28. The predicted octanol–water partition coefficient (Wildman–Crippen LogP) is 3.37. The molecule has 0 spiro atoms. The van der Waals surface area contributed by atoms with Crippen LogP contribution in [0.4, 0.5) is 0 Å². The number of benzene rings is 1. The van der Waals surface area contributed by atoms with Gasteiger partial charge in [-0.3, -0.25) is 10.1 Å². The quantitative estimate of drug-likeness (QED) is 0.854. The molecule has 1 aromatic rings. The van der Waals surface area contributed by atoms with Gasteiger partial charge in [-0.15, -0.1) is 0 Å². The van der Waals surface area contributed by atoms with Crippen molar-refractivity contribution in [3.05, 3.63) is 35.9 Å². The van der Waals surface area contributed by atoms with Crippen LogP contribution in [0.1, 0.15) is 50.6 Å². The Labute approximate surface area is 115 Å². The first kappa shape index (κ1) is 14.1. The van der Waals surface area contributed by atoms with E-state index in [1.807, 2.05) is 37.3 Å². The second kappa shape index (κ2) is 6.71. The van der Waals surface area contributed by atoms with Gasteiger partial charge in [0.05, 0.1) is 0 Å². The van der Waals surface area contributed by atoms with E-state index < -0.39 is 12.0 Å². The van der Waals surface area contributed by atoms with Crippen LogP contribution in [0.15, 0.2) is 30.3 Å². The Morgan fingerprint density at radius 2 is 1.84 bits per heavy atom. The van der Waals surface area contributed by atoms with E-state index in [0.717, 1.165) is 31.2 Å². The molecule has 1 saturated carbocycles. The summed E-state index contributed by atoms with van der Waals surface area (Å²) < 4.78 is 0. The molecule has 0 aliphatic heterocycles. The average Bonchev–Trinajstić information content (AvgIpc) is 2.46. The van der Waals surface area contributed by atoms with Crippen molar-refractivity contribution in [1.29, 1.82) is 0 Å². The summed E-state index contributed by atoms with van der Waals surface area (Å²) in [4.78, 5) is 11.5. The van der Waals surface area contributed by atoms with E-state index >= 15 is 0 Å². The number of nitrogens with one attached hydrogen (secondary N) is 1. The van der Waals surface area contributed by atoms with Crippen molar-refractivity contribution in [3.63, 3.8) is 0 Å². The Balaban J connectivity index is 2.02. The molecule has 3 nitrogen and oxygen atoms in total. The molecule has 1 fully saturated rings. The van der Waals surface area contributed by atoms with E-state index in [4.69, 9.17) is 0 Å². The Morgan fingerprint density at radius 1 is 1.21 bits per heavy atom. The molecule has 0 radical (unpaired) electrons. The van der Waals surface area contributed by atoms with E-state index in [-0.39, 0.29) is 12.0 Å². The summed E-state index contributed by atoms with van der Waals surface area (Å²) in [7, 11) is 0. The summed E-state index contributed by atoms with van der Waals surface area (Å²) in [5, 5.41) is 12.8. The van der Waals surface area contributed by atoms with Gasteiger partial charge in [-0.1, -0.05) is 49.6 Å². The fourth-order valence-corrected chi connectivity index (χ4v) is 2.98. The van der Waals surface area contributed by atoms with E-state index in [2.05, 4.69) is 5.32 Å². The molecule has 1 aliphatic carbocycles. The smallest absolute Gasteiger partial charge is 0.320 e.